The maximum absolute atomic E-state index is 12.0. The Morgan fingerprint density at radius 1 is 1.39 bits per heavy atom. The molecule has 1 heterocycles. The van der Waals surface area contributed by atoms with Crippen molar-refractivity contribution in [3.05, 3.63) is 0 Å². The van der Waals surface area contributed by atoms with Crippen molar-refractivity contribution >= 4 is 23.6 Å². The third-order valence-electron chi connectivity index (χ3n) is 3.46. The predicted octanol–water partition coefficient (Wildman–Crippen LogP) is 0.793. The van der Waals surface area contributed by atoms with Gasteiger partial charge in [-0.05, 0) is 39.8 Å². The lowest BCUT2D eigenvalue weighted by atomic mass is 10.0. The third kappa shape index (κ3) is 3.88. The molecule has 104 valence electrons. The van der Waals surface area contributed by atoms with E-state index in [1.165, 1.54) is 4.90 Å². The molecule has 6 heteroatoms. The van der Waals surface area contributed by atoms with Crippen LogP contribution in [-0.4, -0.2) is 58.6 Å². The molecule has 0 atom stereocenters. The Balaban J connectivity index is 2.42. The van der Waals surface area contributed by atoms with E-state index in [0.717, 1.165) is 25.9 Å². The van der Waals surface area contributed by atoms with E-state index < -0.39 is 11.5 Å². The number of likely N-dealkylation sites (N-methyl/N-ethyl adjacent to an activating group) is 1. The molecule has 1 aliphatic rings. The third-order valence-corrected chi connectivity index (χ3v) is 4.82. The number of carboxylic acids is 1. The molecule has 2 N–H and O–H groups in total. The molecular formula is C12H22N2O3S. The van der Waals surface area contributed by atoms with Crippen LogP contribution in [-0.2, 0) is 9.59 Å². The van der Waals surface area contributed by atoms with Crippen molar-refractivity contribution < 1.29 is 14.7 Å². The standard InChI is InChI=1S/C12H22N2O3S/c1-12(2,11(16)17)14(3)10(15)8-18-9-4-6-13-7-5-9/h9,13H,4-8H2,1-3H3,(H,16,17). The van der Waals surface area contributed by atoms with Crippen LogP contribution < -0.4 is 5.32 Å². The summed E-state index contributed by atoms with van der Waals surface area (Å²) in [4.78, 5) is 24.3. The van der Waals surface area contributed by atoms with Gasteiger partial charge in [0.2, 0.25) is 5.91 Å². The molecule has 18 heavy (non-hydrogen) atoms. The van der Waals surface area contributed by atoms with E-state index in [9.17, 15) is 9.59 Å². The Kier molecular flexibility index (Phi) is 5.47. The molecule has 0 bridgehead atoms. The van der Waals surface area contributed by atoms with Crippen molar-refractivity contribution in [2.75, 3.05) is 25.9 Å². The van der Waals surface area contributed by atoms with Crippen molar-refractivity contribution in [3.8, 4) is 0 Å². The van der Waals surface area contributed by atoms with Gasteiger partial charge < -0.3 is 15.3 Å². The van der Waals surface area contributed by atoms with Crippen LogP contribution in [0.25, 0.3) is 0 Å². The fourth-order valence-corrected chi connectivity index (χ4v) is 2.84. The maximum Gasteiger partial charge on any atom is 0.329 e. The normalized spacial score (nSPS) is 17.5. The van der Waals surface area contributed by atoms with Gasteiger partial charge in [-0.25, -0.2) is 4.79 Å². The monoisotopic (exact) mass is 274 g/mol. The lowest BCUT2D eigenvalue weighted by Gasteiger charge is -2.32. The van der Waals surface area contributed by atoms with Gasteiger partial charge in [0.1, 0.15) is 5.54 Å². The molecule has 1 amide bonds. The minimum absolute atomic E-state index is 0.120. The van der Waals surface area contributed by atoms with Crippen LogP contribution >= 0.6 is 11.8 Å². The first-order valence-corrected chi connectivity index (χ1v) is 7.23. The van der Waals surface area contributed by atoms with Crippen LogP contribution in [0.2, 0.25) is 0 Å². The molecule has 0 saturated carbocycles. The number of carboxylic acid groups (broad SMARTS) is 1. The van der Waals surface area contributed by atoms with Gasteiger partial charge in [-0.15, -0.1) is 11.8 Å². The van der Waals surface area contributed by atoms with Gasteiger partial charge in [-0.3, -0.25) is 4.79 Å². The summed E-state index contributed by atoms with van der Waals surface area (Å²) in [5.74, 6) is -0.742. The summed E-state index contributed by atoms with van der Waals surface area (Å²) in [7, 11) is 1.55. The summed E-state index contributed by atoms with van der Waals surface area (Å²) >= 11 is 1.64. The average Bonchev–Trinajstić information content (AvgIpc) is 2.36. The number of amides is 1. The topological polar surface area (TPSA) is 69.6 Å². The van der Waals surface area contributed by atoms with Crippen molar-refractivity contribution in [1.29, 1.82) is 0 Å². The molecule has 1 rings (SSSR count). The number of hydrogen-bond donors (Lipinski definition) is 2. The second kappa shape index (κ2) is 6.43. The molecule has 0 radical (unpaired) electrons. The number of thioether (sulfide) groups is 1. The lowest BCUT2D eigenvalue weighted by Crippen LogP contribution is -2.51. The number of rotatable bonds is 5. The SMILES string of the molecule is CN(C(=O)CSC1CCNCC1)C(C)(C)C(=O)O. The second-order valence-electron chi connectivity index (χ2n) is 5.08. The summed E-state index contributed by atoms with van der Waals surface area (Å²) in [6, 6.07) is 0. The summed E-state index contributed by atoms with van der Waals surface area (Å²) in [5.41, 5.74) is -1.15. The Morgan fingerprint density at radius 2 is 1.94 bits per heavy atom. The lowest BCUT2D eigenvalue weighted by molar-refractivity contribution is -0.154. The van der Waals surface area contributed by atoms with E-state index in [2.05, 4.69) is 5.32 Å². The molecule has 0 spiro atoms. The molecule has 0 aromatic carbocycles. The fraction of sp³-hybridized carbons (Fsp3) is 0.833. The van der Waals surface area contributed by atoms with E-state index in [-0.39, 0.29) is 5.91 Å². The van der Waals surface area contributed by atoms with Gasteiger partial charge in [0.25, 0.3) is 0 Å². The number of piperidine rings is 1. The number of hydrogen-bond acceptors (Lipinski definition) is 4. The molecule has 1 fully saturated rings. The largest absolute Gasteiger partial charge is 0.480 e. The summed E-state index contributed by atoms with van der Waals surface area (Å²) in [6.45, 7) is 5.09. The maximum atomic E-state index is 12.0. The first-order valence-electron chi connectivity index (χ1n) is 6.18. The summed E-state index contributed by atoms with van der Waals surface area (Å²) in [5, 5.41) is 12.9. The molecular weight excluding hydrogens is 252 g/mol. The highest BCUT2D eigenvalue weighted by Gasteiger charge is 2.35. The van der Waals surface area contributed by atoms with Crippen LogP contribution in [0.3, 0.4) is 0 Å². The van der Waals surface area contributed by atoms with Gasteiger partial charge in [-0.2, -0.15) is 0 Å². The van der Waals surface area contributed by atoms with Crippen molar-refractivity contribution in [1.82, 2.24) is 10.2 Å². The number of nitrogens with one attached hydrogen (secondary N) is 1. The van der Waals surface area contributed by atoms with Crippen LogP contribution in [0.1, 0.15) is 26.7 Å². The minimum Gasteiger partial charge on any atom is -0.480 e. The predicted molar refractivity (Wildman–Crippen MR) is 72.8 cm³/mol. The smallest absolute Gasteiger partial charge is 0.329 e. The number of aliphatic carboxylic acids is 1. The Morgan fingerprint density at radius 3 is 2.44 bits per heavy atom. The number of nitrogens with zero attached hydrogens (tertiary/aromatic N) is 1. The molecule has 0 aromatic rings. The highest BCUT2D eigenvalue weighted by molar-refractivity contribution is 8.00. The summed E-state index contributed by atoms with van der Waals surface area (Å²) < 4.78 is 0. The Bertz CT molecular complexity index is 314. The van der Waals surface area contributed by atoms with Gasteiger partial charge >= 0.3 is 5.97 Å². The zero-order valence-corrected chi connectivity index (χ0v) is 12.0. The van der Waals surface area contributed by atoms with E-state index in [1.807, 2.05) is 0 Å². The highest BCUT2D eigenvalue weighted by Crippen LogP contribution is 2.22. The van der Waals surface area contributed by atoms with Gasteiger partial charge in [0, 0.05) is 12.3 Å². The first-order chi connectivity index (χ1) is 8.35. The van der Waals surface area contributed by atoms with Crippen LogP contribution in [0, 0.1) is 0 Å². The quantitative estimate of drug-likeness (QED) is 0.776. The van der Waals surface area contributed by atoms with E-state index in [4.69, 9.17) is 5.11 Å². The molecule has 0 aromatic heterocycles. The minimum atomic E-state index is -1.15. The Labute approximate surface area is 112 Å². The average molecular weight is 274 g/mol. The molecule has 0 aliphatic carbocycles. The van der Waals surface area contributed by atoms with E-state index in [0.29, 0.717) is 11.0 Å². The highest BCUT2D eigenvalue weighted by atomic mass is 32.2. The van der Waals surface area contributed by atoms with Crippen molar-refractivity contribution in [2.45, 2.75) is 37.5 Å². The zero-order valence-electron chi connectivity index (χ0n) is 11.2. The zero-order chi connectivity index (χ0) is 13.8. The first kappa shape index (κ1) is 15.3. The molecule has 1 aliphatic heterocycles. The number of carbonyl (C=O) groups is 2. The van der Waals surface area contributed by atoms with Crippen LogP contribution in [0.5, 0.6) is 0 Å². The van der Waals surface area contributed by atoms with Gasteiger partial charge in [0.15, 0.2) is 0 Å². The molecule has 1 saturated heterocycles. The Hall–Kier alpha value is -0.750. The van der Waals surface area contributed by atoms with Crippen molar-refractivity contribution in [2.24, 2.45) is 0 Å². The van der Waals surface area contributed by atoms with Crippen LogP contribution in [0.15, 0.2) is 0 Å². The summed E-state index contributed by atoms with van der Waals surface area (Å²) in [6.07, 6.45) is 2.15. The van der Waals surface area contributed by atoms with E-state index in [1.54, 1.807) is 32.7 Å². The molecule has 5 nitrogen and oxygen atoms in total. The molecule has 0 unspecified atom stereocenters. The van der Waals surface area contributed by atoms with E-state index >= 15 is 0 Å². The van der Waals surface area contributed by atoms with Gasteiger partial charge in [-0.1, -0.05) is 0 Å². The van der Waals surface area contributed by atoms with Crippen molar-refractivity contribution in [3.63, 3.8) is 0 Å². The van der Waals surface area contributed by atoms with Gasteiger partial charge in [0.05, 0.1) is 5.75 Å². The number of carbonyl (C=O) groups excluding carboxylic acids is 1. The second-order valence-corrected chi connectivity index (χ2v) is 6.37. The van der Waals surface area contributed by atoms with Crippen LogP contribution in [0.4, 0.5) is 0 Å². The fourth-order valence-electron chi connectivity index (χ4n) is 1.70.